The molecular formula is C42H54N4O3. The molecule has 0 radical (unpaired) electrons. The number of esters is 1. The van der Waals surface area contributed by atoms with E-state index in [-0.39, 0.29) is 21.7 Å². The Labute approximate surface area is 292 Å². The third-order valence-electron chi connectivity index (χ3n) is 13.0. The number of ether oxygens (including phenoxy) is 2. The van der Waals surface area contributed by atoms with Crippen molar-refractivity contribution in [1.82, 2.24) is 9.97 Å². The number of carbonyl (C=O) groups excluding carboxylic acids is 1. The first-order chi connectivity index (χ1) is 22.9. The fourth-order valence-corrected chi connectivity index (χ4v) is 9.51. The molecule has 260 valence electrons. The number of hydrogen-bond donors (Lipinski definition) is 0. The summed E-state index contributed by atoms with van der Waals surface area (Å²) in [4.78, 5) is 29.6. The summed E-state index contributed by atoms with van der Waals surface area (Å²) >= 11 is 0. The summed E-state index contributed by atoms with van der Waals surface area (Å²) in [7, 11) is 0. The van der Waals surface area contributed by atoms with Crippen molar-refractivity contribution in [2.24, 2.45) is 0 Å². The number of benzene rings is 2. The van der Waals surface area contributed by atoms with Crippen LogP contribution in [0.1, 0.15) is 149 Å². The van der Waals surface area contributed by atoms with Crippen molar-refractivity contribution in [2.75, 3.05) is 42.6 Å². The molecule has 0 saturated heterocycles. The number of hydrogen-bond acceptors (Lipinski definition) is 7. The second-order valence-electron chi connectivity index (χ2n) is 18.0. The maximum Gasteiger partial charge on any atom is 0.360 e. The Morgan fingerprint density at radius 2 is 1.18 bits per heavy atom. The highest BCUT2D eigenvalue weighted by atomic mass is 16.6. The fourth-order valence-electron chi connectivity index (χ4n) is 9.51. The lowest BCUT2D eigenvalue weighted by Crippen LogP contribution is -2.46. The lowest BCUT2D eigenvalue weighted by Gasteiger charge is -2.50. The van der Waals surface area contributed by atoms with E-state index < -0.39 is 11.6 Å². The normalized spacial score (nSPS) is 24.9. The van der Waals surface area contributed by atoms with Gasteiger partial charge in [0.1, 0.15) is 11.4 Å². The molecule has 2 aromatic carbocycles. The highest BCUT2D eigenvalue weighted by Gasteiger charge is 2.57. The molecule has 3 aromatic rings. The average Bonchev–Trinajstić information content (AvgIpc) is 3.30. The number of aryl methyl sites for hydroxylation is 2. The predicted molar refractivity (Wildman–Crippen MR) is 196 cm³/mol. The van der Waals surface area contributed by atoms with Crippen molar-refractivity contribution in [3.63, 3.8) is 0 Å². The Hall–Kier alpha value is -3.61. The minimum Gasteiger partial charge on any atom is -0.493 e. The number of anilines is 2. The van der Waals surface area contributed by atoms with E-state index in [1.807, 2.05) is 13.8 Å². The van der Waals surface area contributed by atoms with Crippen LogP contribution in [0.2, 0.25) is 0 Å². The molecule has 0 spiro atoms. The van der Waals surface area contributed by atoms with Crippen molar-refractivity contribution in [2.45, 2.75) is 129 Å². The van der Waals surface area contributed by atoms with Crippen LogP contribution in [-0.2, 0) is 32.0 Å². The second kappa shape index (κ2) is 10.2. The Balaban J connectivity index is 1.56. The second-order valence-corrected chi connectivity index (χ2v) is 18.0. The van der Waals surface area contributed by atoms with E-state index in [2.05, 4.69) is 90.3 Å². The van der Waals surface area contributed by atoms with E-state index >= 15 is 0 Å². The molecule has 1 unspecified atom stereocenters. The zero-order valence-electron chi connectivity index (χ0n) is 31.6. The van der Waals surface area contributed by atoms with Crippen LogP contribution in [0.15, 0.2) is 18.2 Å². The molecule has 8 rings (SSSR count). The Bertz CT molecular complexity index is 1900. The standard InChI is InChI=1S/C42H54N4O3/c1-12-48-35-30(23-29-34-31(35)41(10,11)16-20-46(34)19-15-40(29,8)9)42(36-32(37(47)49-42)43-24(2)25(3)44-36)26-21-27-33-28(22-26)39(6,7)14-18-45(33)17-13-38(27,4)5/h21-23H,12-20H2,1-11H3. The van der Waals surface area contributed by atoms with Crippen molar-refractivity contribution in [3.05, 3.63) is 74.4 Å². The summed E-state index contributed by atoms with van der Waals surface area (Å²) < 4.78 is 13.8. The van der Waals surface area contributed by atoms with Gasteiger partial charge in [0.05, 0.1) is 18.0 Å². The van der Waals surface area contributed by atoms with Gasteiger partial charge < -0.3 is 19.3 Å². The molecular weight excluding hydrogens is 608 g/mol. The van der Waals surface area contributed by atoms with Gasteiger partial charge in [-0.25, -0.2) is 14.8 Å². The molecule has 0 aliphatic carbocycles. The quantitative estimate of drug-likeness (QED) is 0.261. The van der Waals surface area contributed by atoms with E-state index in [0.29, 0.717) is 18.0 Å². The minimum absolute atomic E-state index is 0.0550. The van der Waals surface area contributed by atoms with Gasteiger partial charge in [-0.3, -0.25) is 0 Å². The fraction of sp³-hybridized carbons (Fsp3) is 0.595. The molecule has 6 heterocycles. The molecule has 0 amide bonds. The molecule has 7 nitrogen and oxygen atoms in total. The smallest absolute Gasteiger partial charge is 0.360 e. The van der Waals surface area contributed by atoms with E-state index in [0.717, 1.165) is 80.1 Å². The van der Waals surface area contributed by atoms with Gasteiger partial charge in [-0.05, 0) is 103 Å². The van der Waals surface area contributed by atoms with Gasteiger partial charge in [-0.1, -0.05) is 55.4 Å². The summed E-state index contributed by atoms with van der Waals surface area (Å²) in [5, 5.41) is 0. The molecule has 49 heavy (non-hydrogen) atoms. The van der Waals surface area contributed by atoms with Crippen LogP contribution in [0, 0.1) is 13.8 Å². The number of nitrogens with zero attached hydrogens (tertiary/aromatic N) is 4. The van der Waals surface area contributed by atoms with Crippen LogP contribution in [0.4, 0.5) is 11.4 Å². The molecule has 0 bridgehead atoms. The summed E-state index contributed by atoms with van der Waals surface area (Å²) in [6, 6.07) is 7.05. The lowest BCUT2D eigenvalue weighted by molar-refractivity contribution is 0.0230. The van der Waals surface area contributed by atoms with Gasteiger partial charge in [-0.2, -0.15) is 0 Å². The van der Waals surface area contributed by atoms with Crippen molar-refractivity contribution >= 4 is 17.3 Å². The third kappa shape index (κ3) is 4.42. The molecule has 0 saturated carbocycles. The monoisotopic (exact) mass is 662 g/mol. The summed E-state index contributed by atoms with van der Waals surface area (Å²) in [5.41, 5.74) is 10.4. The highest BCUT2D eigenvalue weighted by Crippen LogP contribution is 2.60. The lowest BCUT2D eigenvalue weighted by atomic mass is 9.65. The molecule has 5 aliphatic rings. The SMILES string of the molecule is CCOc1c(C2(c3cc4c5c(c3)C(C)(C)CCN5CCC4(C)C)OC(=O)c3nc(C)c(C)nc32)cc2c3c1C(C)(C)CCN3CCC2(C)C. The first kappa shape index (κ1) is 32.6. The van der Waals surface area contributed by atoms with Gasteiger partial charge in [0.15, 0.2) is 5.69 Å². The van der Waals surface area contributed by atoms with E-state index in [1.165, 1.54) is 33.6 Å². The van der Waals surface area contributed by atoms with Gasteiger partial charge in [0.2, 0.25) is 5.60 Å². The molecule has 7 heteroatoms. The van der Waals surface area contributed by atoms with Crippen LogP contribution in [-0.4, -0.2) is 48.7 Å². The van der Waals surface area contributed by atoms with Crippen molar-refractivity contribution in [3.8, 4) is 5.75 Å². The highest BCUT2D eigenvalue weighted by molar-refractivity contribution is 5.94. The van der Waals surface area contributed by atoms with E-state index in [9.17, 15) is 4.79 Å². The van der Waals surface area contributed by atoms with Gasteiger partial charge >= 0.3 is 5.97 Å². The van der Waals surface area contributed by atoms with Gasteiger partial charge in [0.25, 0.3) is 0 Å². The summed E-state index contributed by atoms with van der Waals surface area (Å²) in [6.45, 7) is 29.5. The number of aromatic nitrogens is 2. The number of rotatable bonds is 4. The number of fused-ring (bicyclic) bond motifs is 1. The van der Waals surface area contributed by atoms with Gasteiger partial charge in [-0.15, -0.1) is 0 Å². The van der Waals surface area contributed by atoms with Crippen LogP contribution in [0.25, 0.3) is 0 Å². The van der Waals surface area contributed by atoms with Crippen molar-refractivity contribution < 1.29 is 14.3 Å². The molecule has 5 aliphatic heterocycles. The Morgan fingerprint density at radius 3 is 1.73 bits per heavy atom. The molecule has 1 atom stereocenters. The van der Waals surface area contributed by atoms with Crippen LogP contribution < -0.4 is 14.5 Å². The summed E-state index contributed by atoms with van der Waals surface area (Å²) in [5.74, 6) is 0.409. The van der Waals surface area contributed by atoms with Crippen LogP contribution in [0.5, 0.6) is 5.75 Å². The predicted octanol–water partition coefficient (Wildman–Crippen LogP) is 8.29. The van der Waals surface area contributed by atoms with Crippen molar-refractivity contribution in [1.29, 1.82) is 0 Å². The third-order valence-corrected chi connectivity index (χ3v) is 13.0. The van der Waals surface area contributed by atoms with E-state index in [1.54, 1.807) is 0 Å². The van der Waals surface area contributed by atoms with E-state index in [4.69, 9.17) is 19.4 Å². The van der Waals surface area contributed by atoms with Gasteiger partial charge in [0, 0.05) is 54.2 Å². The first-order valence-electron chi connectivity index (χ1n) is 18.6. The maximum absolute atomic E-state index is 14.3. The molecule has 0 N–H and O–H groups in total. The summed E-state index contributed by atoms with van der Waals surface area (Å²) in [6.07, 6.45) is 4.20. The first-order valence-corrected chi connectivity index (χ1v) is 18.6. The van der Waals surface area contributed by atoms with Crippen LogP contribution >= 0.6 is 0 Å². The maximum atomic E-state index is 14.3. The minimum atomic E-state index is -1.34. The largest absolute Gasteiger partial charge is 0.493 e. The van der Waals surface area contributed by atoms with Crippen LogP contribution in [0.3, 0.4) is 0 Å². The zero-order valence-corrected chi connectivity index (χ0v) is 31.6. The zero-order chi connectivity index (χ0) is 35.1. The average molecular weight is 663 g/mol. The topological polar surface area (TPSA) is 67.8 Å². The Kier molecular flexibility index (Phi) is 6.80. The molecule has 1 aromatic heterocycles. The number of cyclic esters (lactones) is 1. The Morgan fingerprint density at radius 1 is 0.694 bits per heavy atom. The molecule has 0 fully saturated rings. The number of carbonyl (C=O) groups is 1.